The molecule has 0 unspecified atom stereocenters. The predicted octanol–water partition coefficient (Wildman–Crippen LogP) is 8.03. The zero-order valence-corrected chi connectivity index (χ0v) is 19.6. The van der Waals surface area contributed by atoms with Crippen molar-refractivity contribution in [3.63, 3.8) is 0 Å². The number of nitrogens with zero attached hydrogens (tertiary/aromatic N) is 2. The molecule has 6 rings (SSSR count). The highest BCUT2D eigenvalue weighted by Gasteiger charge is 2.15. The smallest absolute Gasteiger partial charge is 0.161 e. The van der Waals surface area contributed by atoms with Crippen LogP contribution in [0.15, 0.2) is 133 Å². The van der Waals surface area contributed by atoms with Crippen LogP contribution in [0.5, 0.6) is 0 Å². The Bertz CT molecular complexity index is 1700. The SMILES string of the molecule is C(#Cc1nc(-c2ccccc2)nc2c(-c3ccccc3)cc(-c3ccccc3)cc12)c1ccccc1. The van der Waals surface area contributed by atoms with E-state index in [4.69, 9.17) is 9.97 Å². The van der Waals surface area contributed by atoms with Crippen molar-refractivity contribution in [2.75, 3.05) is 0 Å². The van der Waals surface area contributed by atoms with Gasteiger partial charge in [0.1, 0.15) is 5.69 Å². The summed E-state index contributed by atoms with van der Waals surface area (Å²) in [7, 11) is 0. The van der Waals surface area contributed by atoms with Crippen LogP contribution in [-0.4, -0.2) is 9.97 Å². The minimum absolute atomic E-state index is 0.671. The number of aromatic nitrogens is 2. The molecule has 0 aliphatic heterocycles. The van der Waals surface area contributed by atoms with Gasteiger partial charge in [-0.05, 0) is 46.9 Å². The lowest BCUT2D eigenvalue weighted by Crippen LogP contribution is -1.98. The number of rotatable bonds is 3. The number of hydrogen-bond donors (Lipinski definition) is 0. The van der Waals surface area contributed by atoms with E-state index in [1.54, 1.807) is 0 Å². The van der Waals surface area contributed by atoms with Crippen LogP contribution in [0, 0.1) is 11.8 Å². The van der Waals surface area contributed by atoms with Crippen LogP contribution in [0.2, 0.25) is 0 Å². The van der Waals surface area contributed by atoms with Gasteiger partial charge in [-0.1, -0.05) is 115 Å². The Morgan fingerprint density at radius 2 is 1.00 bits per heavy atom. The van der Waals surface area contributed by atoms with E-state index >= 15 is 0 Å². The monoisotopic (exact) mass is 458 g/mol. The van der Waals surface area contributed by atoms with E-state index in [0.717, 1.165) is 50.0 Å². The molecule has 2 heteroatoms. The minimum atomic E-state index is 0.671. The molecule has 1 heterocycles. The summed E-state index contributed by atoms with van der Waals surface area (Å²) in [5, 5.41) is 0.943. The van der Waals surface area contributed by atoms with Crippen molar-refractivity contribution in [3.05, 3.63) is 145 Å². The second kappa shape index (κ2) is 9.70. The van der Waals surface area contributed by atoms with Gasteiger partial charge in [-0.15, -0.1) is 0 Å². The van der Waals surface area contributed by atoms with E-state index < -0.39 is 0 Å². The first-order chi connectivity index (χ1) is 17.8. The summed E-state index contributed by atoms with van der Waals surface area (Å²) in [6.45, 7) is 0. The summed E-state index contributed by atoms with van der Waals surface area (Å²) in [6.07, 6.45) is 0. The van der Waals surface area contributed by atoms with Gasteiger partial charge in [-0.25, -0.2) is 9.97 Å². The highest BCUT2D eigenvalue weighted by atomic mass is 14.9. The van der Waals surface area contributed by atoms with Crippen molar-refractivity contribution in [2.45, 2.75) is 0 Å². The Hall–Kier alpha value is -5.00. The molecule has 36 heavy (non-hydrogen) atoms. The maximum atomic E-state index is 5.09. The van der Waals surface area contributed by atoms with E-state index in [1.807, 2.05) is 72.8 Å². The van der Waals surface area contributed by atoms with Gasteiger partial charge in [0.15, 0.2) is 5.82 Å². The van der Waals surface area contributed by atoms with Gasteiger partial charge in [-0.3, -0.25) is 0 Å². The lowest BCUT2D eigenvalue weighted by molar-refractivity contribution is 1.21. The Morgan fingerprint density at radius 3 is 1.64 bits per heavy atom. The van der Waals surface area contributed by atoms with Crippen LogP contribution in [0.3, 0.4) is 0 Å². The highest BCUT2D eigenvalue weighted by molar-refractivity contribution is 6.00. The third kappa shape index (κ3) is 4.39. The van der Waals surface area contributed by atoms with Crippen LogP contribution >= 0.6 is 0 Å². The van der Waals surface area contributed by atoms with Gasteiger partial charge in [-0.2, -0.15) is 0 Å². The Kier molecular flexibility index (Phi) is 5.80. The molecule has 168 valence electrons. The third-order valence-corrected chi connectivity index (χ3v) is 6.12. The highest BCUT2D eigenvalue weighted by Crippen LogP contribution is 2.35. The second-order valence-electron chi connectivity index (χ2n) is 8.53. The molecule has 0 aliphatic carbocycles. The molecule has 0 fully saturated rings. The molecular formula is C34H22N2. The van der Waals surface area contributed by atoms with Crippen molar-refractivity contribution < 1.29 is 0 Å². The normalized spacial score (nSPS) is 10.6. The molecule has 2 nitrogen and oxygen atoms in total. The first-order valence-electron chi connectivity index (χ1n) is 11.9. The fourth-order valence-corrected chi connectivity index (χ4v) is 4.33. The fraction of sp³-hybridized carbons (Fsp3) is 0. The van der Waals surface area contributed by atoms with Crippen LogP contribution in [0.1, 0.15) is 11.3 Å². The van der Waals surface area contributed by atoms with E-state index in [9.17, 15) is 0 Å². The van der Waals surface area contributed by atoms with Crippen molar-refractivity contribution in [1.29, 1.82) is 0 Å². The number of fused-ring (bicyclic) bond motifs is 1. The molecule has 6 aromatic rings. The second-order valence-corrected chi connectivity index (χ2v) is 8.53. The third-order valence-electron chi connectivity index (χ3n) is 6.12. The van der Waals surface area contributed by atoms with E-state index in [2.05, 4.69) is 72.5 Å². The van der Waals surface area contributed by atoms with Crippen LogP contribution in [0.25, 0.3) is 44.5 Å². The molecule has 0 saturated carbocycles. The van der Waals surface area contributed by atoms with Gasteiger partial charge >= 0.3 is 0 Å². The van der Waals surface area contributed by atoms with Gasteiger partial charge < -0.3 is 0 Å². The Morgan fingerprint density at radius 1 is 0.444 bits per heavy atom. The summed E-state index contributed by atoms with van der Waals surface area (Å²) in [5.41, 5.74) is 7.96. The quantitative estimate of drug-likeness (QED) is 0.251. The topological polar surface area (TPSA) is 25.8 Å². The van der Waals surface area contributed by atoms with E-state index in [0.29, 0.717) is 5.82 Å². The summed E-state index contributed by atoms with van der Waals surface area (Å²) >= 11 is 0. The van der Waals surface area contributed by atoms with Gasteiger partial charge in [0.25, 0.3) is 0 Å². The van der Waals surface area contributed by atoms with Crippen LogP contribution in [-0.2, 0) is 0 Å². The maximum Gasteiger partial charge on any atom is 0.161 e. The fourth-order valence-electron chi connectivity index (χ4n) is 4.33. The van der Waals surface area contributed by atoms with Crippen molar-refractivity contribution >= 4 is 10.9 Å². The zero-order valence-electron chi connectivity index (χ0n) is 19.6. The molecule has 0 saturated heterocycles. The maximum absolute atomic E-state index is 5.09. The lowest BCUT2D eigenvalue weighted by atomic mass is 9.95. The molecule has 0 N–H and O–H groups in total. The van der Waals surface area contributed by atoms with Crippen molar-refractivity contribution in [1.82, 2.24) is 9.97 Å². The molecule has 0 radical (unpaired) electrons. The molecule has 0 spiro atoms. The van der Waals surface area contributed by atoms with Crippen molar-refractivity contribution in [2.24, 2.45) is 0 Å². The molecule has 0 bridgehead atoms. The van der Waals surface area contributed by atoms with Gasteiger partial charge in [0.2, 0.25) is 0 Å². The summed E-state index contributed by atoms with van der Waals surface area (Å²) in [4.78, 5) is 10.1. The average Bonchev–Trinajstić information content (AvgIpc) is 2.97. The molecule has 0 aliphatic rings. The van der Waals surface area contributed by atoms with Crippen LogP contribution in [0.4, 0.5) is 0 Å². The molecule has 0 atom stereocenters. The Labute approximate surface area is 211 Å². The van der Waals surface area contributed by atoms with Crippen molar-refractivity contribution in [3.8, 4) is 45.5 Å². The van der Waals surface area contributed by atoms with E-state index in [-0.39, 0.29) is 0 Å². The molecule has 0 amide bonds. The van der Waals surface area contributed by atoms with Crippen LogP contribution < -0.4 is 0 Å². The largest absolute Gasteiger partial charge is 0.227 e. The summed E-state index contributed by atoms with van der Waals surface area (Å²) in [5.74, 6) is 7.35. The lowest BCUT2D eigenvalue weighted by Gasteiger charge is -2.13. The number of benzene rings is 5. The molecular weight excluding hydrogens is 436 g/mol. The summed E-state index contributed by atoms with van der Waals surface area (Å²) in [6, 6.07) is 45.3. The van der Waals surface area contributed by atoms with Gasteiger partial charge in [0.05, 0.1) is 5.52 Å². The first kappa shape index (κ1) is 21.5. The first-order valence-corrected chi connectivity index (χ1v) is 11.9. The number of hydrogen-bond acceptors (Lipinski definition) is 2. The minimum Gasteiger partial charge on any atom is -0.227 e. The summed E-state index contributed by atoms with van der Waals surface area (Å²) < 4.78 is 0. The molecule has 1 aromatic heterocycles. The van der Waals surface area contributed by atoms with E-state index in [1.165, 1.54) is 0 Å². The average molecular weight is 459 g/mol. The Balaban J connectivity index is 1.68. The zero-order chi connectivity index (χ0) is 24.2. The standard InChI is InChI=1S/C34H22N2/c1-5-13-25(14-6-1)21-22-32-31-24-29(26-15-7-2-8-16-26)23-30(27-17-9-3-10-18-27)33(31)36-34(35-32)28-19-11-4-12-20-28/h1-20,23-24H. The molecule has 5 aromatic carbocycles. The predicted molar refractivity (Wildman–Crippen MR) is 148 cm³/mol. The van der Waals surface area contributed by atoms with Gasteiger partial charge in [0, 0.05) is 22.1 Å².